The normalized spacial score (nSPS) is 28.0. The lowest BCUT2D eigenvalue weighted by atomic mass is 9.92. The molecule has 0 spiro atoms. The lowest BCUT2D eigenvalue weighted by molar-refractivity contribution is -0.132. The van der Waals surface area contributed by atoms with Crippen LogP contribution in [0.4, 0.5) is 5.69 Å². The van der Waals surface area contributed by atoms with E-state index in [0.717, 1.165) is 18.5 Å². The summed E-state index contributed by atoms with van der Waals surface area (Å²) in [5.74, 6) is -0.984. The Morgan fingerprint density at radius 3 is 2.65 bits per heavy atom. The van der Waals surface area contributed by atoms with Gasteiger partial charge in [-0.1, -0.05) is 17.7 Å². The van der Waals surface area contributed by atoms with Gasteiger partial charge in [0.1, 0.15) is 5.92 Å². The average molecular weight is 337 g/mol. The molecule has 1 aliphatic carbocycles. The molecule has 2 fully saturated rings. The number of benzene rings is 1. The maximum atomic E-state index is 12.5. The molecule has 0 bridgehead atoms. The molecule has 5 nitrogen and oxygen atoms in total. The zero-order chi connectivity index (χ0) is 16.4. The summed E-state index contributed by atoms with van der Waals surface area (Å²) in [6.07, 6.45) is 3.22. The fraction of sp³-hybridized carbons (Fsp3) is 0.529. The van der Waals surface area contributed by atoms with Crippen molar-refractivity contribution < 1.29 is 14.7 Å². The second-order valence-corrected chi connectivity index (χ2v) is 6.76. The predicted molar refractivity (Wildman–Crippen MR) is 88.3 cm³/mol. The Labute approximate surface area is 140 Å². The van der Waals surface area contributed by atoms with Gasteiger partial charge in [-0.2, -0.15) is 0 Å². The van der Waals surface area contributed by atoms with Crippen LogP contribution in [0.3, 0.4) is 0 Å². The smallest absolute Gasteiger partial charge is 0.239 e. The number of rotatable bonds is 3. The summed E-state index contributed by atoms with van der Waals surface area (Å²) in [5.41, 5.74) is 0.735. The van der Waals surface area contributed by atoms with Crippen LogP contribution in [0.15, 0.2) is 24.3 Å². The molecular weight excluding hydrogens is 316 g/mol. The molecule has 6 heteroatoms. The van der Waals surface area contributed by atoms with E-state index < -0.39 is 5.92 Å². The van der Waals surface area contributed by atoms with E-state index in [1.165, 1.54) is 0 Å². The minimum absolute atomic E-state index is 0.0684. The Bertz CT molecular complexity index is 599. The van der Waals surface area contributed by atoms with E-state index in [9.17, 15) is 14.7 Å². The predicted octanol–water partition coefficient (Wildman–Crippen LogP) is 2.11. The average Bonchev–Trinajstić information content (AvgIpc) is 2.91. The van der Waals surface area contributed by atoms with Crippen molar-refractivity contribution in [2.45, 2.75) is 44.2 Å². The van der Waals surface area contributed by atoms with Crippen molar-refractivity contribution in [1.82, 2.24) is 5.32 Å². The topological polar surface area (TPSA) is 69.6 Å². The standard InChI is InChI=1S/C17H21ClN2O3/c18-11-2-1-3-13(10-11)20-9-8-15(17(20)23)16(22)19-12-4-6-14(21)7-5-12/h1-3,10,12,14-15,21H,4-9H2,(H,19,22). The first-order valence-corrected chi connectivity index (χ1v) is 8.48. The molecule has 2 aliphatic rings. The maximum absolute atomic E-state index is 12.5. The van der Waals surface area contributed by atoms with E-state index >= 15 is 0 Å². The van der Waals surface area contributed by atoms with Crippen molar-refractivity contribution in [1.29, 1.82) is 0 Å². The molecule has 2 amide bonds. The first kappa shape index (κ1) is 16.3. The molecule has 1 saturated carbocycles. The number of carbonyl (C=O) groups is 2. The van der Waals surface area contributed by atoms with Gasteiger partial charge in [0.15, 0.2) is 0 Å². The van der Waals surface area contributed by atoms with Gasteiger partial charge in [-0.3, -0.25) is 9.59 Å². The van der Waals surface area contributed by atoms with Crippen LogP contribution in [0.25, 0.3) is 0 Å². The van der Waals surface area contributed by atoms with Crippen LogP contribution < -0.4 is 10.2 Å². The fourth-order valence-corrected chi connectivity index (χ4v) is 3.53. The highest BCUT2D eigenvalue weighted by Gasteiger charge is 2.38. The van der Waals surface area contributed by atoms with Gasteiger partial charge in [-0.15, -0.1) is 0 Å². The van der Waals surface area contributed by atoms with Gasteiger partial charge < -0.3 is 15.3 Å². The molecule has 1 aromatic carbocycles. The number of anilines is 1. The molecule has 1 aliphatic heterocycles. The zero-order valence-electron chi connectivity index (χ0n) is 12.9. The van der Waals surface area contributed by atoms with E-state index in [-0.39, 0.29) is 24.0 Å². The Morgan fingerprint density at radius 2 is 1.96 bits per heavy atom. The highest BCUT2D eigenvalue weighted by molar-refractivity contribution is 6.31. The van der Waals surface area contributed by atoms with Gasteiger partial charge in [0.2, 0.25) is 11.8 Å². The van der Waals surface area contributed by atoms with Crippen LogP contribution in [0.5, 0.6) is 0 Å². The Morgan fingerprint density at radius 1 is 1.22 bits per heavy atom. The number of amides is 2. The molecule has 1 unspecified atom stereocenters. The molecule has 23 heavy (non-hydrogen) atoms. The van der Waals surface area contributed by atoms with Crippen molar-refractivity contribution in [2.75, 3.05) is 11.4 Å². The monoisotopic (exact) mass is 336 g/mol. The molecule has 0 radical (unpaired) electrons. The number of halogens is 1. The summed E-state index contributed by atoms with van der Waals surface area (Å²) in [6.45, 7) is 0.528. The third-order valence-electron chi connectivity index (χ3n) is 4.68. The molecule has 1 aromatic rings. The minimum atomic E-state index is -0.624. The van der Waals surface area contributed by atoms with Crippen LogP contribution in [0.1, 0.15) is 32.1 Å². The largest absolute Gasteiger partial charge is 0.393 e. The van der Waals surface area contributed by atoms with Crippen LogP contribution >= 0.6 is 11.6 Å². The number of nitrogens with zero attached hydrogens (tertiary/aromatic N) is 1. The second kappa shape index (κ2) is 6.89. The Balaban J connectivity index is 1.61. The van der Waals surface area contributed by atoms with Gasteiger partial charge in [0.05, 0.1) is 6.10 Å². The van der Waals surface area contributed by atoms with Crippen molar-refractivity contribution in [3.63, 3.8) is 0 Å². The fourth-order valence-electron chi connectivity index (χ4n) is 3.35. The minimum Gasteiger partial charge on any atom is -0.393 e. The maximum Gasteiger partial charge on any atom is 0.239 e. The highest BCUT2D eigenvalue weighted by Crippen LogP contribution is 2.28. The van der Waals surface area contributed by atoms with E-state index in [1.807, 2.05) is 6.07 Å². The number of aliphatic hydroxyl groups excluding tert-OH is 1. The van der Waals surface area contributed by atoms with E-state index in [1.54, 1.807) is 23.1 Å². The third-order valence-corrected chi connectivity index (χ3v) is 4.92. The van der Waals surface area contributed by atoms with E-state index in [4.69, 9.17) is 11.6 Å². The van der Waals surface area contributed by atoms with Crippen molar-refractivity contribution in [3.8, 4) is 0 Å². The third kappa shape index (κ3) is 3.67. The quantitative estimate of drug-likeness (QED) is 0.831. The Hall–Kier alpha value is -1.59. The van der Waals surface area contributed by atoms with Crippen LogP contribution in [-0.4, -0.2) is 35.6 Å². The van der Waals surface area contributed by atoms with Crippen molar-refractivity contribution in [3.05, 3.63) is 29.3 Å². The molecule has 1 heterocycles. The highest BCUT2D eigenvalue weighted by atomic mass is 35.5. The molecule has 1 saturated heterocycles. The van der Waals surface area contributed by atoms with Crippen LogP contribution in [-0.2, 0) is 9.59 Å². The summed E-state index contributed by atoms with van der Waals surface area (Å²) in [4.78, 5) is 26.6. The van der Waals surface area contributed by atoms with E-state index in [0.29, 0.717) is 30.8 Å². The Kier molecular flexibility index (Phi) is 4.87. The molecule has 1 atom stereocenters. The van der Waals surface area contributed by atoms with Gasteiger partial charge >= 0.3 is 0 Å². The SMILES string of the molecule is O=C(NC1CCC(O)CC1)C1CCN(c2cccc(Cl)c2)C1=O. The summed E-state index contributed by atoms with van der Waals surface area (Å²) < 4.78 is 0. The van der Waals surface area contributed by atoms with Gasteiger partial charge in [0, 0.05) is 23.3 Å². The lowest BCUT2D eigenvalue weighted by Gasteiger charge is -2.27. The molecular formula is C17H21ClN2O3. The van der Waals surface area contributed by atoms with Gasteiger partial charge in [0.25, 0.3) is 0 Å². The van der Waals surface area contributed by atoms with Crippen LogP contribution in [0, 0.1) is 5.92 Å². The summed E-state index contributed by atoms with van der Waals surface area (Å²) >= 11 is 5.97. The number of aliphatic hydroxyl groups is 1. The molecule has 3 rings (SSSR count). The van der Waals surface area contributed by atoms with Gasteiger partial charge in [-0.25, -0.2) is 0 Å². The molecule has 124 valence electrons. The van der Waals surface area contributed by atoms with Gasteiger partial charge in [-0.05, 0) is 50.3 Å². The van der Waals surface area contributed by atoms with Crippen molar-refractivity contribution >= 4 is 29.1 Å². The second-order valence-electron chi connectivity index (χ2n) is 6.33. The lowest BCUT2D eigenvalue weighted by Crippen LogP contribution is -2.43. The number of hydrogen-bond acceptors (Lipinski definition) is 3. The van der Waals surface area contributed by atoms with Crippen LogP contribution in [0.2, 0.25) is 5.02 Å². The first-order chi connectivity index (χ1) is 11.0. The number of carbonyl (C=O) groups excluding carboxylic acids is 2. The summed E-state index contributed by atoms with van der Waals surface area (Å²) in [6, 6.07) is 7.19. The molecule has 0 aromatic heterocycles. The number of nitrogens with one attached hydrogen (secondary N) is 1. The first-order valence-electron chi connectivity index (χ1n) is 8.10. The zero-order valence-corrected chi connectivity index (χ0v) is 13.6. The summed E-state index contributed by atoms with van der Waals surface area (Å²) in [7, 11) is 0. The summed E-state index contributed by atoms with van der Waals surface area (Å²) in [5, 5.41) is 13.1. The van der Waals surface area contributed by atoms with Crippen molar-refractivity contribution in [2.24, 2.45) is 5.92 Å². The van der Waals surface area contributed by atoms with E-state index in [2.05, 4.69) is 5.32 Å². The number of hydrogen-bond donors (Lipinski definition) is 2. The molecule has 2 N–H and O–H groups in total.